The molecule has 0 bridgehead atoms. The fraction of sp³-hybridized carbons (Fsp3) is 0.292. The second kappa shape index (κ2) is 9.30. The third kappa shape index (κ3) is 4.96. The predicted octanol–water partition coefficient (Wildman–Crippen LogP) is 4.44. The lowest BCUT2D eigenvalue weighted by Gasteiger charge is -2.39. The molecule has 1 N–H and O–H groups in total. The lowest BCUT2D eigenvalue weighted by molar-refractivity contribution is -0.138. The van der Waals surface area contributed by atoms with Crippen LogP contribution in [0.1, 0.15) is 28.5 Å². The Morgan fingerprint density at radius 3 is 2.41 bits per heavy atom. The Hall–Kier alpha value is -3.66. The molecule has 7 nitrogen and oxygen atoms in total. The first kappa shape index (κ1) is 23.5. The van der Waals surface area contributed by atoms with Gasteiger partial charge >= 0.3 is 18.2 Å². The number of aromatic carboxylic acids is 1. The van der Waals surface area contributed by atoms with Gasteiger partial charge in [0.05, 0.1) is 5.56 Å². The molecule has 1 aromatic heterocycles. The van der Waals surface area contributed by atoms with Crippen LogP contribution in [0.2, 0.25) is 0 Å². The van der Waals surface area contributed by atoms with E-state index in [0.29, 0.717) is 24.2 Å². The van der Waals surface area contributed by atoms with Gasteiger partial charge < -0.3 is 10.0 Å². The highest BCUT2D eigenvalue weighted by molar-refractivity contribution is 5.86. The van der Waals surface area contributed by atoms with Gasteiger partial charge in [0.25, 0.3) is 0 Å². The van der Waals surface area contributed by atoms with E-state index in [1.165, 1.54) is 29.3 Å². The summed E-state index contributed by atoms with van der Waals surface area (Å²) in [5, 5.41) is 12.8. The van der Waals surface area contributed by atoms with Crippen LogP contribution in [-0.4, -0.2) is 62.4 Å². The highest BCUT2D eigenvalue weighted by Crippen LogP contribution is 2.35. The topological polar surface area (TPSA) is 78.7 Å². The third-order valence-electron chi connectivity index (χ3n) is 5.88. The standard InChI is InChI=1S/C24H23F3N4O3/c1-16-14-29(11-12-30(16)23(34)31-10-9-21(28-31)22(32)33)15-19-8-7-18(13-20(19)24(25,26)27)17-5-3-2-4-6-17/h2-10,13,16H,11-12,14-15H2,1H3,(H,32,33)/t16-/m1/s1. The fourth-order valence-corrected chi connectivity index (χ4v) is 4.17. The van der Waals surface area contributed by atoms with Gasteiger partial charge in [-0.05, 0) is 35.7 Å². The molecule has 2 aromatic carbocycles. The van der Waals surface area contributed by atoms with Gasteiger partial charge in [-0.25, -0.2) is 9.59 Å². The van der Waals surface area contributed by atoms with Crippen LogP contribution in [0.25, 0.3) is 11.1 Å². The number of nitrogens with zero attached hydrogens (tertiary/aromatic N) is 4. The molecule has 1 atom stereocenters. The largest absolute Gasteiger partial charge is 0.476 e. The molecular formula is C24H23F3N4O3. The van der Waals surface area contributed by atoms with E-state index in [1.807, 2.05) is 11.0 Å². The smallest absolute Gasteiger partial charge is 0.416 e. The van der Waals surface area contributed by atoms with Crippen LogP contribution >= 0.6 is 0 Å². The second-order valence-corrected chi connectivity index (χ2v) is 8.25. The van der Waals surface area contributed by atoms with Crippen molar-refractivity contribution < 1.29 is 27.9 Å². The third-order valence-corrected chi connectivity index (χ3v) is 5.88. The fourth-order valence-electron chi connectivity index (χ4n) is 4.17. The zero-order valence-corrected chi connectivity index (χ0v) is 18.4. The summed E-state index contributed by atoms with van der Waals surface area (Å²) < 4.78 is 42.6. The first-order chi connectivity index (χ1) is 16.1. The van der Waals surface area contributed by atoms with E-state index >= 15 is 0 Å². The van der Waals surface area contributed by atoms with Crippen molar-refractivity contribution in [3.63, 3.8) is 0 Å². The molecule has 1 fully saturated rings. The normalized spacial score (nSPS) is 17.1. The highest BCUT2D eigenvalue weighted by atomic mass is 19.4. The number of aromatic nitrogens is 2. The first-order valence-electron chi connectivity index (χ1n) is 10.7. The number of rotatable bonds is 4. The summed E-state index contributed by atoms with van der Waals surface area (Å²) in [4.78, 5) is 27.2. The number of carbonyl (C=O) groups is 2. The minimum absolute atomic E-state index is 0.0984. The van der Waals surface area contributed by atoms with Gasteiger partial charge in [0, 0.05) is 38.4 Å². The van der Waals surface area contributed by atoms with Gasteiger partial charge in [0.15, 0.2) is 5.69 Å². The number of halogens is 3. The summed E-state index contributed by atoms with van der Waals surface area (Å²) in [6, 6.07) is 13.8. The van der Waals surface area contributed by atoms with Crippen molar-refractivity contribution in [1.82, 2.24) is 19.6 Å². The van der Waals surface area contributed by atoms with Crippen molar-refractivity contribution in [2.75, 3.05) is 19.6 Å². The molecule has 0 spiro atoms. The number of carboxylic acids is 1. The molecule has 1 amide bonds. The minimum Gasteiger partial charge on any atom is -0.476 e. The van der Waals surface area contributed by atoms with E-state index in [-0.39, 0.29) is 30.4 Å². The molecule has 34 heavy (non-hydrogen) atoms. The molecule has 2 heterocycles. The first-order valence-corrected chi connectivity index (χ1v) is 10.7. The van der Waals surface area contributed by atoms with E-state index in [0.717, 1.165) is 4.68 Å². The summed E-state index contributed by atoms with van der Waals surface area (Å²) in [6.45, 7) is 2.93. The van der Waals surface area contributed by atoms with E-state index in [9.17, 15) is 22.8 Å². The quantitative estimate of drug-likeness (QED) is 0.608. The zero-order chi connectivity index (χ0) is 24.5. The Morgan fingerprint density at radius 1 is 1.06 bits per heavy atom. The number of alkyl halides is 3. The van der Waals surface area contributed by atoms with Crippen molar-refractivity contribution in [3.05, 3.63) is 77.6 Å². The summed E-state index contributed by atoms with van der Waals surface area (Å²) in [5.41, 5.74) is 0.485. The Kier molecular flexibility index (Phi) is 6.43. The molecular weight excluding hydrogens is 449 g/mol. The molecule has 3 aromatic rings. The summed E-state index contributed by atoms with van der Waals surface area (Å²) in [7, 11) is 0. The Balaban J connectivity index is 1.48. The Labute approximate surface area is 194 Å². The van der Waals surface area contributed by atoms with Crippen LogP contribution in [0, 0.1) is 0 Å². The maximum atomic E-state index is 13.9. The molecule has 0 saturated carbocycles. The van der Waals surface area contributed by atoms with Gasteiger partial charge in [-0.15, -0.1) is 0 Å². The van der Waals surface area contributed by atoms with Crippen molar-refractivity contribution >= 4 is 12.0 Å². The monoisotopic (exact) mass is 472 g/mol. The lowest BCUT2D eigenvalue weighted by Crippen LogP contribution is -2.54. The van der Waals surface area contributed by atoms with E-state index < -0.39 is 23.7 Å². The maximum absolute atomic E-state index is 13.9. The molecule has 1 aliphatic heterocycles. The van der Waals surface area contributed by atoms with Gasteiger partial charge in [-0.2, -0.15) is 23.0 Å². The van der Waals surface area contributed by atoms with Gasteiger partial charge in [0.2, 0.25) is 0 Å². The maximum Gasteiger partial charge on any atom is 0.416 e. The zero-order valence-electron chi connectivity index (χ0n) is 18.4. The number of amides is 1. The molecule has 178 valence electrons. The summed E-state index contributed by atoms with van der Waals surface area (Å²) in [6.07, 6.45) is -3.21. The highest BCUT2D eigenvalue weighted by Gasteiger charge is 2.35. The van der Waals surface area contributed by atoms with Gasteiger partial charge in [-0.1, -0.05) is 42.5 Å². The number of carboxylic acid groups (broad SMARTS) is 1. The summed E-state index contributed by atoms with van der Waals surface area (Å²) in [5.74, 6) is -1.23. The molecule has 1 aliphatic rings. The molecule has 1 saturated heterocycles. The van der Waals surface area contributed by atoms with Crippen LogP contribution in [0.15, 0.2) is 60.8 Å². The second-order valence-electron chi connectivity index (χ2n) is 8.25. The number of carbonyl (C=O) groups excluding carboxylic acids is 1. The number of hydrogen-bond acceptors (Lipinski definition) is 4. The van der Waals surface area contributed by atoms with Gasteiger partial charge in [0.1, 0.15) is 0 Å². The number of benzene rings is 2. The lowest BCUT2D eigenvalue weighted by atomic mass is 9.98. The minimum atomic E-state index is -4.49. The SMILES string of the molecule is C[C@@H]1CN(Cc2ccc(-c3ccccc3)cc2C(F)(F)F)CCN1C(=O)n1ccc(C(=O)O)n1. The average Bonchev–Trinajstić information content (AvgIpc) is 3.30. The van der Waals surface area contributed by atoms with Crippen molar-refractivity contribution in [2.45, 2.75) is 25.7 Å². The van der Waals surface area contributed by atoms with E-state index in [1.54, 1.807) is 37.3 Å². The molecule has 0 radical (unpaired) electrons. The van der Waals surface area contributed by atoms with Crippen molar-refractivity contribution in [2.24, 2.45) is 0 Å². The van der Waals surface area contributed by atoms with Crippen LogP contribution in [0.4, 0.5) is 18.0 Å². The number of hydrogen-bond donors (Lipinski definition) is 1. The van der Waals surface area contributed by atoms with Crippen molar-refractivity contribution in [1.29, 1.82) is 0 Å². The molecule has 0 unspecified atom stereocenters. The van der Waals surface area contributed by atoms with Crippen LogP contribution in [0.5, 0.6) is 0 Å². The van der Waals surface area contributed by atoms with Crippen LogP contribution < -0.4 is 0 Å². The van der Waals surface area contributed by atoms with Crippen molar-refractivity contribution in [3.8, 4) is 11.1 Å². The van der Waals surface area contributed by atoms with Crippen LogP contribution in [-0.2, 0) is 12.7 Å². The summed E-state index contributed by atoms with van der Waals surface area (Å²) >= 11 is 0. The van der Waals surface area contributed by atoms with E-state index in [2.05, 4.69) is 5.10 Å². The van der Waals surface area contributed by atoms with Gasteiger partial charge in [-0.3, -0.25) is 4.90 Å². The van der Waals surface area contributed by atoms with Crippen LogP contribution in [0.3, 0.4) is 0 Å². The van der Waals surface area contributed by atoms with E-state index in [4.69, 9.17) is 5.11 Å². The average molecular weight is 472 g/mol. The number of piperazine rings is 1. The molecule has 10 heteroatoms. The Bertz CT molecular complexity index is 1190. The Morgan fingerprint density at radius 2 is 1.79 bits per heavy atom. The molecule has 4 rings (SSSR count). The predicted molar refractivity (Wildman–Crippen MR) is 118 cm³/mol. The molecule has 0 aliphatic carbocycles.